The van der Waals surface area contributed by atoms with Gasteiger partial charge in [-0.1, -0.05) is 47.5 Å². The van der Waals surface area contributed by atoms with Gasteiger partial charge in [0, 0.05) is 15.8 Å². The minimum atomic E-state index is -4.47. The fourth-order valence-electron chi connectivity index (χ4n) is 2.32. The second kappa shape index (κ2) is 8.22. The van der Waals surface area contributed by atoms with Crippen molar-refractivity contribution in [2.24, 2.45) is 10.2 Å². The molecule has 0 unspecified atom stereocenters. The van der Waals surface area contributed by atoms with Gasteiger partial charge in [0.25, 0.3) is 10.1 Å². The number of benzene rings is 3. The van der Waals surface area contributed by atoms with Crippen molar-refractivity contribution in [3.8, 4) is 0 Å². The average molecular weight is 420 g/mol. The third-order valence-corrected chi connectivity index (χ3v) is 4.91. The topological polar surface area (TPSA) is 105 Å². The first-order chi connectivity index (χ1) is 11.8. The van der Waals surface area contributed by atoms with Crippen LogP contribution < -0.4 is 5.73 Å². The molecule has 3 aromatic rings. The van der Waals surface area contributed by atoms with E-state index in [1.54, 1.807) is 36.4 Å². The van der Waals surface area contributed by atoms with E-state index in [1.807, 2.05) is 0 Å². The summed E-state index contributed by atoms with van der Waals surface area (Å²) in [4.78, 5) is -0.298. The summed E-state index contributed by atoms with van der Waals surface area (Å²) in [6, 6.07) is 12.4. The first kappa shape index (κ1) is 21.1. The molecule has 26 heavy (non-hydrogen) atoms. The molecular formula is C16H12Cl2N3NaO3S. The maximum absolute atomic E-state index is 11.7. The second-order valence-electron chi connectivity index (χ2n) is 5.12. The van der Waals surface area contributed by atoms with Crippen LogP contribution in [0.4, 0.5) is 17.1 Å². The summed E-state index contributed by atoms with van der Waals surface area (Å²) in [7, 11) is -4.47. The summed E-state index contributed by atoms with van der Waals surface area (Å²) in [5.74, 6) is 0. The van der Waals surface area contributed by atoms with E-state index in [0.29, 0.717) is 21.5 Å². The Morgan fingerprint density at radius 2 is 1.54 bits per heavy atom. The molecule has 130 valence electrons. The van der Waals surface area contributed by atoms with Gasteiger partial charge in [-0.3, -0.25) is 4.55 Å². The summed E-state index contributed by atoms with van der Waals surface area (Å²) >= 11 is 11.9. The fourth-order valence-corrected chi connectivity index (χ4v) is 3.48. The van der Waals surface area contributed by atoms with Crippen LogP contribution >= 0.6 is 23.2 Å². The van der Waals surface area contributed by atoms with Gasteiger partial charge in [0.1, 0.15) is 16.3 Å². The number of nitrogen functional groups attached to an aromatic ring is 1. The van der Waals surface area contributed by atoms with Crippen LogP contribution in [0.5, 0.6) is 0 Å². The summed E-state index contributed by atoms with van der Waals surface area (Å²) in [6.07, 6.45) is 0. The molecule has 3 aromatic carbocycles. The van der Waals surface area contributed by atoms with Gasteiger partial charge in [-0.05, 0) is 24.3 Å². The predicted octanol–water partition coefficient (Wildman–Crippen LogP) is 4.74. The zero-order chi connectivity index (χ0) is 18.2. The molecule has 0 aliphatic rings. The number of nitrogens with two attached hydrogens (primary N) is 1. The van der Waals surface area contributed by atoms with Crippen LogP contribution in [-0.4, -0.2) is 42.5 Å². The van der Waals surface area contributed by atoms with Crippen molar-refractivity contribution >= 4 is 90.7 Å². The molecule has 3 N–H and O–H groups in total. The number of fused-ring (bicyclic) bond motifs is 1. The Bertz CT molecular complexity index is 1120. The van der Waals surface area contributed by atoms with Gasteiger partial charge >= 0.3 is 29.6 Å². The molecule has 0 heterocycles. The van der Waals surface area contributed by atoms with E-state index in [9.17, 15) is 13.0 Å². The normalized spacial score (nSPS) is 11.7. The van der Waals surface area contributed by atoms with Crippen molar-refractivity contribution in [1.82, 2.24) is 0 Å². The second-order valence-corrected chi connectivity index (χ2v) is 7.36. The van der Waals surface area contributed by atoms with Crippen molar-refractivity contribution in [3.05, 3.63) is 58.6 Å². The van der Waals surface area contributed by atoms with Crippen LogP contribution in [0, 0.1) is 0 Å². The molecule has 0 spiro atoms. The number of hydrogen-bond donors (Lipinski definition) is 2. The molecule has 0 bridgehead atoms. The molecule has 0 atom stereocenters. The quantitative estimate of drug-likeness (QED) is 0.276. The van der Waals surface area contributed by atoms with Crippen LogP contribution in [0.25, 0.3) is 10.8 Å². The number of rotatable bonds is 3. The third-order valence-electron chi connectivity index (χ3n) is 3.48. The Labute approximate surface area is 182 Å². The minimum absolute atomic E-state index is 0. The van der Waals surface area contributed by atoms with Crippen molar-refractivity contribution < 1.29 is 13.0 Å². The fraction of sp³-hybridized carbons (Fsp3) is 0. The van der Waals surface area contributed by atoms with Crippen molar-refractivity contribution in [1.29, 1.82) is 0 Å². The van der Waals surface area contributed by atoms with Crippen LogP contribution in [0.2, 0.25) is 10.0 Å². The number of hydrogen-bond acceptors (Lipinski definition) is 5. The SMILES string of the molecule is Nc1c(N=Nc2ccc(Cl)cc2Cl)cc(S(=O)(=O)O)c2ccccc12.[NaH]. The zero-order valence-electron chi connectivity index (χ0n) is 12.5. The molecule has 0 fully saturated rings. The molecule has 0 saturated carbocycles. The van der Waals surface area contributed by atoms with Gasteiger partial charge in [0.15, 0.2) is 0 Å². The van der Waals surface area contributed by atoms with Gasteiger partial charge < -0.3 is 5.73 Å². The van der Waals surface area contributed by atoms with E-state index in [2.05, 4.69) is 10.2 Å². The van der Waals surface area contributed by atoms with E-state index in [0.717, 1.165) is 0 Å². The third kappa shape index (κ3) is 4.37. The van der Waals surface area contributed by atoms with Gasteiger partial charge in [0.2, 0.25) is 0 Å². The van der Waals surface area contributed by atoms with Gasteiger partial charge in [0.05, 0.1) is 10.7 Å². The molecule has 0 aliphatic carbocycles. The molecular weight excluding hydrogens is 408 g/mol. The number of anilines is 1. The molecule has 3 rings (SSSR count). The summed E-state index contributed by atoms with van der Waals surface area (Å²) in [5, 5.41) is 9.44. The van der Waals surface area contributed by atoms with Crippen molar-refractivity contribution in [2.75, 3.05) is 5.73 Å². The summed E-state index contributed by atoms with van der Waals surface area (Å²) in [5.41, 5.74) is 6.74. The van der Waals surface area contributed by atoms with Crippen LogP contribution in [0.15, 0.2) is 63.7 Å². The molecule has 10 heteroatoms. The molecule has 0 amide bonds. The first-order valence-electron chi connectivity index (χ1n) is 6.93. The molecule has 0 radical (unpaired) electrons. The average Bonchev–Trinajstić information content (AvgIpc) is 2.54. The van der Waals surface area contributed by atoms with Crippen LogP contribution in [0.1, 0.15) is 0 Å². The van der Waals surface area contributed by atoms with E-state index in [-0.39, 0.29) is 50.9 Å². The number of azo groups is 1. The van der Waals surface area contributed by atoms with E-state index >= 15 is 0 Å². The predicted molar refractivity (Wildman–Crippen MR) is 106 cm³/mol. The Balaban J connectivity index is 0.00000243. The summed E-state index contributed by atoms with van der Waals surface area (Å²) < 4.78 is 32.9. The Hall–Kier alpha value is -1.19. The first-order valence-corrected chi connectivity index (χ1v) is 9.12. The molecule has 0 aromatic heterocycles. The molecule has 0 saturated heterocycles. The molecule has 0 aliphatic heterocycles. The monoisotopic (exact) mass is 419 g/mol. The van der Waals surface area contributed by atoms with Crippen molar-refractivity contribution in [3.63, 3.8) is 0 Å². The van der Waals surface area contributed by atoms with E-state index in [4.69, 9.17) is 28.9 Å². The number of nitrogens with zero attached hydrogens (tertiary/aromatic N) is 2. The van der Waals surface area contributed by atoms with E-state index in [1.165, 1.54) is 12.1 Å². The van der Waals surface area contributed by atoms with Gasteiger partial charge in [-0.2, -0.15) is 8.42 Å². The van der Waals surface area contributed by atoms with Crippen LogP contribution in [0.3, 0.4) is 0 Å². The Morgan fingerprint density at radius 3 is 2.15 bits per heavy atom. The molecule has 6 nitrogen and oxygen atoms in total. The van der Waals surface area contributed by atoms with Gasteiger partial charge in [-0.15, -0.1) is 10.2 Å². The van der Waals surface area contributed by atoms with Crippen LogP contribution in [-0.2, 0) is 10.1 Å². The van der Waals surface area contributed by atoms with Crippen molar-refractivity contribution in [2.45, 2.75) is 4.90 Å². The standard InChI is InChI=1S/C16H11Cl2N3O3S.Na.H/c17-9-5-6-13(12(18)7-9)20-21-14-8-15(25(22,23)24)10-3-1-2-4-11(10)16(14)19;;/h1-8H,19H2,(H,22,23,24);;. The maximum atomic E-state index is 11.7. The Morgan fingerprint density at radius 1 is 0.923 bits per heavy atom. The number of halogens is 2. The Kier molecular flexibility index (Phi) is 6.68. The van der Waals surface area contributed by atoms with Gasteiger partial charge in [-0.25, -0.2) is 0 Å². The van der Waals surface area contributed by atoms with E-state index < -0.39 is 10.1 Å². The summed E-state index contributed by atoms with van der Waals surface area (Å²) in [6.45, 7) is 0. The zero-order valence-corrected chi connectivity index (χ0v) is 14.8.